The van der Waals surface area contributed by atoms with Crippen molar-refractivity contribution in [2.24, 2.45) is 0 Å². The van der Waals surface area contributed by atoms with Gasteiger partial charge in [-0.15, -0.1) is 11.3 Å². The molecular weight excluding hydrogens is 178 g/mol. The fourth-order valence-electron chi connectivity index (χ4n) is 1.35. The molecule has 0 spiro atoms. The summed E-state index contributed by atoms with van der Waals surface area (Å²) in [5, 5.41) is 2.11. The zero-order valence-electron chi connectivity index (χ0n) is 7.45. The summed E-state index contributed by atoms with van der Waals surface area (Å²) in [5.41, 5.74) is 9.07. The van der Waals surface area contributed by atoms with E-state index in [1.165, 1.54) is 16.0 Å². The van der Waals surface area contributed by atoms with Gasteiger partial charge < -0.3 is 5.73 Å². The lowest BCUT2D eigenvalue weighted by Crippen LogP contribution is -1.84. The summed E-state index contributed by atoms with van der Waals surface area (Å²) in [7, 11) is 0. The van der Waals surface area contributed by atoms with Gasteiger partial charge in [-0.2, -0.15) is 0 Å². The van der Waals surface area contributed by atoms with Crippen molar-refractivity contribution in [1.82, 2.24) is 0 Å². The zero-order valence-corrected chi connectivity index (χ0v) is 8.27. The maximum Gasteiger partial charge on any atom is 0.0372 e. The van der Waals surface area contributed by atoms with E-state index in [0.29, 0.717) is 0 Å². The molecule has 1 aromatic heterocycles. The second-order valence-corrected chi connectivity index (χ2v) is 3.97. The second-order valence-electron chi connectivity index (χ2n) is 3.06. The minimum atomic E-state index is 0.824. The Labute approximate surface area is 81.8 Å². The van der Waals surface area contributed by atoms with E-state index in [0.717, 1.165) is 5.69 Å². The number of hydrogen-bond acceptors (Lipinski definition) is 2. The molecule has 0 saturated heterocycles. The fraction of sp³-hybridized carbons (Fsp3) is 0.0909. The normalized spacial score (nSPS) is 10.2. The predicted molar refractivity (Wildman–Crippen MR) is 58.9 cm³/mol. The monoisotopic (exact) mass is 189 g/mol. The molecule has 0 amide bonds. The Balaban J connectivity index is 2.53. The molecule has 0 aliphatic carbocycles. The highest BCUT2D eigenvalue weighted by Crippen LogP contribution is 2.29. The van der Waals surface area contributed by atoms with Gasteiger partial charge in [-0.3, -0.25) is 0 Å². The summed E-state index contributed by atoms with van der Waals surface area (Å²) >= 11 is 1.76. The van der Waals surface area contributed by atoms with Crippen molar-refractivity contribution in [3.63, 3.8) is 0 Å². The summed E-state index contributed by atoms with van der Waals surface area (Å²) in [4.78, 5) is 1.31. The Kier molecular flexibility index (Phi) is 2.07. The van der Waals surface area contributed by atoms with Crippen LogP contribution in [0.25, 0.3) is 10.4 Å². The number of nitrogens with two attached hydrogens (primary N) is 1. The van der Waals surface area contributed by atoms with Crippen LogP contribution in [0.4, 0.5) is 5.69 Å². The molecule has 0 aliphatic heterocycles. The zero-order chi connectivity index (χ0) is 9.26. The van der Waals surface area contributed by atoms with Crippen molar-refractivity contribution in [2.45, 2.75) is 6.92 Å². The van der Waals surface area contributed by atoms with Crippen LogP contribution in [0, 0.1) is 6.92 Å². The smallest absolute Gasteiger partial charge is 0.0372 e. The van der Waals surface area contributed by atoms with Crippen LogP contribution in [-0.4, -0.2) is 0 Å². The first-order valence-electron chi connectivity index (χ1n) is 4.17. The van der Waals surface area contributed by atoms with Crippen molar-refractivity contribution in [2.75, 3.05) is 5.73 Å². The molecule has 2 aromatic rings. The Morgan fingerprint density at radius 3 is 2.69 bits per heavy atom. The number of thiophene rings is 1. The molecule has 0 bridgehead atoms. The highest BCUT2D eigenvalue weighted by molar-refractivity contribution is 7.13. The molecule has 2 rings (SSSR count). The van der Waals surface area contributed by atoms with Crippen LogP contribution < -0.4 is 5.73 Å². The molecular formula is C11H11NS. The third kappa shape index (κ3) is 1.58. The van der Waals surface area contributed by atoms with Gasteiger partial charge in [-0.25, -0.2) is 0 Å². The number of hydrogen-bond donors (Lipinski definition) is 1. The molecule has 0 atom stereocenters. The van der Waals surface area contributed by atoms with E-state index < -0.39 is 0 Å². The van der Waals surface area contributed by atoms with Gasteiger partial charge in [0.1, 0.15) is 0 Å². The van der Waals surface area contributed by atoms with Crippen molar-refractivity contribution in [3.8, 4) is 10.4 Å². The quantitative estimate of drug-likeness (QED) is 0.684. The largest absolute Gasteiger partial charge is 0.399 e. The molecule has 2 N–H and O–H groups in total. The first kappa shape index (κ1) is 8.32. The van der Waals surface area contributed by atoms with Gasteiger partial charge in [0.05, 0.1) is 0 Å². The number of anilines is 1. The second kappa shape index (κ2) is 3.23. The van der Waals surface area contributed by atoms with Crippen LogP contribution in [0.2, 0.25) is 0 Å². The minimum Gasteiger partial charge on any atom is -0.399 e. The van der Waals surface area contributed by atoms with E-state index in [1.807, 2.05) is 18.2 Å². The van der Waals surface area contributed by atoms with Gasteiger partial charge in [-0.1, -0.05) is 12.1 Å². The Bertz CT molecular complexity index is 418. The molecule has 1 heterocycles. The van der Waals surface area contributed by atoms with Crippen molar-refractivity contribution in [3.05, 3.63) is 41.3 Å². The number of nitrogen functional groups attached to an aromatic ring is 1. The lowest BCUT2D eigenvalue weighted by molar-refractivity contribution is 1.54. The molecule has 2 heteroatoms. The van der Waals surface area contributed by atoms with Crippen LogP contribution in [0.3, 0.4) is 0 Å². The first-order valence-corrected chi connectivity index (χ1v) is 5.05. The molecule has 13 heavy (non-hydrogen) atoms. The van der Waals surface area contributed by atoms with Crippen molar-refractivity contribution < 1.29 is 0 Å². The maximum atomic E-state index is 5.72. The topological polar surface area (TPSA) is 26.0 Å². The average molecular weight is 189 g/mol. The molecule has 1 aromatic carbocycles. The summed E-state index contributed by atoms with van der Waals surface area (Å²) < 4.78 is 0. The minimum absolute atomic E-state index is 0.824. The van der Waals surface area contributed by atoms with Crippen LogP contribution >= 0.6 is 11.3 Å². The van der Waals surface area contributed by atoms with Crippen LogP contribution in [-0.2, 0) is 0 Å². The summed E-state index contributed by atoms with van der Waals surface area (Å²) in [5.74, 6) is 0. The third-order valence-electron chi connectivity index (χ3n) is 2.01. The molecule has 0 radical (unpaired) electrons. The first-order chi connectivity index (χ1) is 6.27. The summed E-state index contributed by atoms with van der Waals surface area (Å²) in [6.45, 7) is 2.12. The molecule has 0 unspecified atom stereocenters. The lowest BCUT2D eigenvalue weighted by Gasteiger charge is -2.00. The molecule has 0 aliphatic rings. The van der Waals surface area contributed by atoms with E-state index >= 15 is 0 Å². The predicted octanol–water partition coefficient (Wildman–Crippen LogP) is 3.31. The van der Waals surface area contributed by atoms with Crippen LogP contribution in [0.15, 0.2) is 35.7 Å². The number of aryl methyl sites for hydroxylation is 1. The van der Waals surface area contributed by atoms with E-state index in [-0.39, 0.29) is 0 Å². The average Bonchev–Trinajstić information content (AvgIpc) is 2.51. The molecule has 0 fully saturated rings. The standard InChI is InChI=1S/C11H11NS/c1-8-5-6-13-11(8)9-3-2-4-10(12)7-9/h2-7H,12H2,1H3. The third-order valence-corrected chi connectivity index (χ3v) is 3.08. The van der Waals surface area contributed by atoms with Gasteiger partial charge in [0, 0.05) is 10.6 Å². The summed E-state index contributed by atoms with van der Waals surface area (Å²) in [6.07, 6.45) is 0. The van der Waals surface area contributed by atoms with E-state index in [1.54, 1.807) is 11.3 Å². The lowest BCUT2D eigenvalue weighted by atomic mass is 10.1. The van der Waals surface area contributed by atoms with E-state index in [4.69, 9.17) is 5.73 Å². The van der Waals surface area contributed by atoms with Crippen LogP contribution in [0.1, 0.15) is 5.56 Å². The molecule has 66 valence electrons. The highest BCUT2D eigenvalue weighted by Gasteiger charge is 2.02. The van der Waals surface area contributed by atoms with Crippen LogP contribution in [0.5, 0.6) is 0 Å². The summed E-state index contributed by atoms with van der Waals surface area (Å²) in [6, 6.07) is 10.1. The van der Waals surface area contributed by atoms with Gasteiger partial charge in [0.15, 0.2) is 0 Å². The van der Waals surface area contributed by atoms with E-state index in [2.05, 4.69) is 24.4 Å². The van der Waals surface area contributed by atoms with Gasteiger partial charge in [0.2, 0.25) is 0 Å². The highest BCUT2D eigenvalue weighted by atomic mass is 32.1. The van der Waals surface area contributed by atoms with E-state index in [9.17, 15) is 0 Å². The van der Waals surface area contributed by atoms with Gasteiger partial charge in [-0.05, 0) is 41.6 Å². The van der Waals surface area contributed by atoms with Crippen molar-refractivity contribution in [1.29, 1.82) is 0 Å². The maximum absolute atomic E-state index is 5.72. The number of rotatable bonds is 1. The SMILES string of the molecule is Cc1ccsc1-c1cccc(N)c1. The van der Waals surface area contributed by atoms with Gasteiger partial charge in [0.25, 0.3) is 0 Å². The Morgan fingerprint density at radius 2 is 2.08 bits per heavy atom. The fourth-order valence-corrected chi connectivity index (χ4v) is 2.27. The molecule has 1 nitrogen and oxygen atoms in total. The van der Waals surface area contributed by atoms with Gasteiger partial charge >= 0.3 is 0 Å². The Morgan fingerprint density at radius 1 is 1.23 bits per heavy atom. The Hall–Kier alpha value is -1.28. The van der Waals surface area contributed by atoms with Crippen molar-refractivity contribution >= 4 is 17.0 Å². The molecule has 0 saturated carbocycles. The number of benzene rings is 1.